The number of nitrogens with one attached hydrogen (secondary N) is 1. The van der Waals surface area contributed by atoms with Gasteiger partial charge in [0, 0.05) is 19.4 Å². The number of hydrogen-bond donors (Lipinski definition) is 3. The van der Waals surface area contributed by atoms with Crippen LogP contribution in [0.25, 0.3) is 0 Å². The van der Waals surface area contributed by atoms with E-state index in [2.05, 4.69) is 19.2 Å². The first-order chi connectivity index (χ1) is 25.1. The van der Waals surface area contributed by atoms with Crippen LogP contribution in [0.1, 0.15) is 201 Å². The van der Waals surface area contributed by atoms with Crippen LogP contribution in [0.15, 0.2) is 0 Å². The second-order valence-corrected chi connectivity index (χ2v) is 15.8. The molecule has 0 spiro atoms. The summed E-state index contributed by atoms with van der Waals surface area (Å²) < 4.78 is 33.2. The molecule has 2 unspecified atom stereocenters. The maximum absolute atomic E-state index is 12.6. The number of rotatable bonds is 40. The van der Waals surface area contributed by atoms with Gasteiger partial charge in [0.15, 0.2) is 6.10 Å². The van der Waals surface area contributed by atoms with E-state index in [1.54, 1.807) is 0 Å². The smallest absolute Gasteiger partial charge is 0.472 e. The maximum atomic E-state index is 12.6. The van der Waals surface area contributed by atoms with Crippen molar-refractivity contribution in [2.24, 2.45) is 0 Å². The summed E-state index contributed by atoms with van der Waals surface area (Å²) in [6, 6.07) is -0.851. The van der Waals surface area contributed by atoms with Gasteiger partial charge < -0.3 is 24.8 Å². The zero-order valence-electron chi connectivity index (χ0n) is 33.4. The van der Waals surface area contributed by atoms with Crippen molar-refractivity contribution in [3.8, 4) is 0 Å². The lowest BCUT2D eigenvalue weighted by Gasteiger charge is -2.20. The largest absolute Gasteiger partial charge is 0.480 e. The van der Waals surface area contributed by atoms with Crippen molar-refractivity contribution >= 4 is 25.7 Å². The highest BCUT2D eigenvalue weighted by atomic mass is 31.2. The molecule has 12 heteroatoms. The summed E-state index contributed by atoms with van der Waals surface area (Å²) in [5.41, 5.74) is 0. The number of carbonyl (C=O) groups excluding carboxylic acids is 2. The number of ether oxygens (including phenoxy) is 2. The molecule has 0 aliphatic heterocycles. The maximum Gasteiger partial charge on any atom is 0.472 e. The van der Waals surface area contributed by atoms with Gasteiger partial charge in [-0.15, -0.1) is 0 Å². The van der Waals surface area contributed by atoms with E-state index >= 15 is 0 Å². The zero-order valence-corrected chi connectivity index (χ0v) is 34.3. The molecule has 308 valence electrons. The lowest BCUT2D eigenvalue weighted by atomic mass is 10.0. The predicted molar refractivity (Wildman–Crippen MR) is 208 cm³/mol. The Morgan fingerprint density at radius 2 is 0.962 bits per heavy atom. The number of phosphoric acid groups is 1. The van der Waals surface area contributed by atoms with Gasteiger partial charge in [-0.2, -0.15) is 0 Å². The number of hydrogen-bond acceptors (Lipinski definition) is 9. The zero-order chi connectivity index (χ0) is 38.5. The van der Waals surface area contributed by atoms with Crippen molar-refractivity contribution in [3.63, 3.8) is 0 Å². The molecule has 3 N–H and O–H groups in total. The van der Waals surface area contributed by atoms with Crippen LogP contribution in [-0.2, 0) is 37.5 Å². The number of esters is 2. The van der Waals surface area contributed by atoms with Gasteiger partial charge in [-0.05, 0) is 19.8 Å². The summed E-state index contributed by atoms with van der Waals surface area (Å²) >= 11 is 0. The molecule has 0 saturated carbocycles. The van der Waals surface area contributed by atoms with Gasteiger partial charge in [0.25, 0.3) is 0 Å². The van der Waals surface area contributed by atoms with Crippen LogP contribution in [0, 0.1) is 0 Å². The Bertz CT molecular complexity index is 906. The minimum Gasteiger partial charge on any atom is -0.480 e. The minimum absolute atomic E-state index is 0.00965. The highest BCUT2D eigenvalue weighted by Crippen LogP contribution is 2.43. The molecule has 3 atom stereocenters. The molecule has 0 aliphatic carbocycles. The Morgan fingerprint density at radius 3 is 1.37 bits per heavy atom. The first-order valence-electron chi connectivity index (χ1n) is 21.0. The lowest BCUT2D eigenvalue weighted by molar-refractivity contribution is -0.161. The molecule has 0 aliphatic rings. The van der Waals surface area contributed by atoms with Crippen molar-refractivity contribution in [2.45, 2.75) is 213 Å². The molecule has 0 saturated heterocycles. The summed E-state index contributed by atoms with van der Waals surface area (Å²) in [7, 11) is -4.54. The fourth-order valence-electron chi connectivity index (χ4n) is 5.93. The van der Waals surface area contributed by atoms with E-state index < -0.39 is 44.5 Å². The van der Waals surface area contributed by atoms with Crippen molar-refractivity contribution in [3.05, 3.63) is 0 Å². The Balaban J connectivity index is 4.44. The molecular weight excluding hydrogens is 685 g/mol. The Kier molecular flexibility index (Phi) is 35.4. The Morgan fingerprint density at radius 1 is 0.577 bits per heavy atom. The van der Waals surface area contributed by atoms with E-state index in [1.165, 1.54) is 122 Å². The monoisotopic (exact) mass is 764 g/mol. The molecule has 0 aromatic carbocycles. The van der Waals surface area contributed by atoms with Gasteiger partial charge in [0.2, 0.25) is 0 Å². The molecule has 0 aromatic heterocycles. The molecule has 0 heterocycles. The van der Waals surface area contributed by atoms with Crippen molar-refractivity contribution in [2.75, 3.05) is 26.4 Å². The van der Waals surface area contributed by atoms with Crippen LogP contribution in [-0.4, -0.2) is 66.4 Å². The standard InChI is InChI=1S/C40H78NO10P/c1-4-6-8-10-12-14-16-18-20-22-24-26-28-30-38(42)48-34-37(35-50-52(46,47)49-33-32-41-36(3)40(44)45)51-39(43)31-29-27-25-23-21-19-17-15-13-11-9-7-5-2/h36-37,41H,4-35H2,1-3H3,(H,44,45)(H,46,47)/t36?,37-/m1/s1. The average molecular weight is 764 g/mol. The summed E-state index contributed by atoms with van der Waals surface area (Å²) in [5.74, 6) is -1.96. The number of aliphatic carboxylic acids is 1. The van der Waals surface area contributed by atoms with E-state index in [0.29, 0.717) is 12.8 Å². The molecule has 0 rings (SSSR count). The number of carboxylic acid groups (broad SMARTS) is 1. The molecule has 0 bridgehead atoms. The molecule has 0 radical (unpaired) electrons. The second-order valence-electron chi connectivity index (χ2n) is 14.4. The van der Waals surface area contributed by atoms with Crippen LogP contribution in [0.2, 0.25) is 0 Å². The highest BCUT2D eigenvalue weighted by molar-refractivity contribution is 7.47. The topological polar surface area (TPSA) is 158 Å². The Labute approximate surface area is 317 Å². The highest BCUT2D eigenvalue weighted by Gasteiger charge is 2.26. The molecule has 0 amide bonds. The summed E-state index contributed by atoms with van der Waals surface area (Å²) in [4.78, 5) is 46.1. The van der Waals surface area contributed by atoms with Gasteiger partial charge in [-0.25, -0.2) is 4.57 Å². The number of carboxylic acids is 1. The minimum atomic E-state index is -4.54. The van der Waals surface area contributed by atoms with Crippen LogP contribution in [0.5, 0.6) is 0 Å². The van der Waals surface area contributed by atoms with Crippen molar-refractivity contribution in [1.29, 1.82) is 0 Å². The van der Waals surface area contributed by atoms with Gasteiger partial charge in [0.1, 0.15) is 12.6 Å². The third-order valence-electron chi connectivity index (χ3n) is 9.30. The molecule has 0 fully saturated rings. The normalized spacial score (nSPS) is 13.8. The summed E-state index contributed by atoms with van der Waals surface area (Å²) in [6.45, 7) is 4.86. The van der Waals surface area contributed by atoms with Gasteiger partial charge in [0.05, 0.1) is 13.2 Å². The molecule has 0 aromatic rings. The first-order valence-corrected chi connectivity index (χ1v) is 22.5. The van der Waals surface area contributed by atoms with Crippen molar-refractivity contribution in [1.82, 2.24) is 5.32 Å². The number of phosphoric ester groups is 1. The van der Waals surface area contributed by atoms with Crippen LogP contribution in [0.4, 0.5) is 0 Å². The Hall–Kier alpha value is -1.52. The molecule has 11 nitrogen and oxygen atoms in total. The van der Waals surface area contributed by atoms with Gasteiger partial charge in [-0.3, -0.25) is 23.4 Å². The van der Waals surface area contributed by atoms with E-state index in [0.717, 1.165) is 38.5 Å². The first kappa shape index (κ1) is 50.5. The quantitative estimate of drug-likeness (QED) is 0.0310. The fraction of sp³-hybridized carbons (Fsp3) is 0.925. The predicted octanol–water partition coefficient (Wildman–Crippen LogP) is 10.6. The van der Waals surface area contributed by atoms with Crippen LogP contribution >= 0.6 is 7.82 Å². The van der Waals surface area contributed by atoms with Crippen LogP contribution in [0.3, 0.4) is 0 Å². The summed E-state index contributed by atoms with van der Waals surface area (Å²) in [5, 5.41) is 11.6. The second kappa shape index (κ2) is 36.5. The van der Waals surface area contributed by atoms with Gasteiger partial charge >= 0.3 is 25.7 Å². The molecular formula is C40H78NO10P. The van der Waals surface area contributed by atoms with E-state index in [9.17, 15) is 23.8 Å². The fourth-order valence-corrected chi connectivity index (χ4v) is 6.68. The van der Waals surface area contributed by atoms with Crippen LogP contribution < -0.4 is 5.32 Å². The molecule has 52 heavy (non-hydrogen) atoms. The summed E-state index contributed by atoms with van der Waals surface area (Å²) in [6.07, 6.45) is 30.6. The van der Waals surface area contributed by atoms with Crippen molar-refractivity contribution < 1.29 is 47.5 Å². The third-order valence-corrected chi connectivity index (χ3v) is 10.3. The number of carbonyl (C=O) groups is 3. The number of unbranched alkanes of at least 4 members (excludes halogenated alkanes) is 24. The van der Waals surface area contributed by atoms with Gasteiger partial charge in [-0.1, -0.05) is 168 Å². The SMILES string of the molecule is CCCCCCCCCCCCCCCC(=O)OC[C@H](COP(=O)(O)OCCNC(C)C(=O)O)OC(=O)CCCCCCCCCCCCCCC. The third kappa shape index (κ3) is 35.5. The average Bonchev–Trinajstić information content (AvgIpc) is 3.11. The van der Waals surface area contributed by atoms with E-state index in [1.807, 2.05) is 0 Å². The van der Waals surface area contributed by atoms with E-state index in [-0.39, 0.29) is 32.6 Å². The van der Waals surface area contributed by atoms with E-state index in [4.69, 9.17) is 23.6 Å². The lowest BCUT2D eigenvalue weighted by Crippen LogP contribution is -2.35.